The maximum Gasteiger partial charge on any atom is 0.262 e. The van der Waals surface area contributed by atoms with Crippen LogP contribution in [0.15, 0.2) is 4.99 Å². The fourth-order valence-corrected chi connectivity index (χ4v) is 1.90. The topological polar surface area (TPSA) is 84.6 Å². The summed E-state index contributed by atoms with van der Waals surface area (Å²) in [5.74, 6) is -0.456. The predicted molar refractivity (Wildman–Crippen MR) is 55.9 cm³/mol. The Morgan fingerprint density at radius 2 is 2.36 bits per heavy atom. The zero-order valence-electron chi connectivity index (χ0n) is 8.11. The van der Waals surface area contributed by atoms with E-state index < -0.39 is 5.25 Å². The second-order valence-corrected chi connectivity index (χ2v) is 4.54. The first kappa shape index (κ1) is 11.0. The number of thioether (sulfide) groups is 1. The van der Waals surface area contributed by atoms with Crippen LogP contribution in [-0.2, 0) is 9.59 Å². The Kier molecular flexibility index (Phi) is 3.51. The second kappa shape index (κ2) is 4.45. The minimum atomic E-state index is -0.436. The second-order valence-electron chi connectivity index (χ2n) is 3.32. The van der Waals surface area contributed by atoms with Crippen molar-refractivity contribution in [1.29, 1.82) is 0 Å². The van der Waals surface area contributed by atoms with Crippen LogP contribution in [0.25, 0.3) is 0 Å². The van der Waals surface area contributed by atoms with E-state index in [4.69, 9.17) is 5.73 Å². The van der Waals surface area contributed by atoms with Gasteiger partial charge < -0.3 is 11.1 Å². The third-order valence-electron chi connectivity index (χ3n) is 1.58. The largest absolute Gasteiger partial charge is 0.378 e. The van der Waals surface area contributed by atoms with E-state index in [9.17, 15) is 9.59 Å². The fourth-order valence-electron chi connectivity index (χ4n) is 1.08. The maximum absolute atomic E-state index is 11.3. The van der Waals surface area contributed by atoms with Gasteiger partial charge in [-0.2, -0.15) is 4.99 Å². The van der Waals surface area contributed by atoms with Gasteiger partial charge in [0.25, 0.3) is 5.91 Å². The monoisotopic (exact) mass is 215 g/mol. The first-order valence-corrected chi connectivity index (χ1v) is 5.21. The molecule has 0 saturated carbocycles. The molecule has 0 aromatic heterocycles. The molecular weight excluding hydrogens is 202 g/mol. The zero-order valence-corrected chi connectivity index (χ0v) is 8.93. The highest BCUT2D eigenvalue weighted by Crippen LogP contribution is 2.22. The van der Waals surface area contributed by atoms with Crippen LogP contribution >= 0.6 is 11.8 Å². The molecule has 3 N–H and O–H groups in total. The molecule has 0 aliphatic carbocycles. The van der Waals surface area contributed by atoms with Crippen molar-refractivity contribution in [3.05, 3.63) is 0 Å². The van der Waals surface area contributed by atoms with Gasteiger partial charge in [0.15, 0.2) is 5.17 Å². The minimum absolute atomic E-state index is 0.0854. The number of carbonyl (C=O) groups is 2. The van der Waals surface area contributed by atoms with Crippen molar-refractivity contribution < 1.29 is 9.59 Å². The first-order chi connectivity index (χ1) is 6.49. The Bertz CT molecular complexity index is 288. The van der Waals surface area contributed by atoms with Crippen LogP contribution in [0.4, 0.5) is 0 Å². The van der Waals surface area contributed by atoms with Gasteiger partial charge in [-0.15, -0.1) is 0 Å². The summed E-state index contributed by atoms with van der Waals surface area (Å²) in [6.07, 6.45) is 0.145. The molecule has 1 unspecified atom stereocenters. The van der Waals surface area contributed by atoms with E-state index in [1.807, 2.05) is 13.8 Å². The number of nitrogens with two attached hydrogens (primary N) is 1. The SMILES string of the molecule is CC(C)NC(=O)CC1SC(N)=NC1=O. The summed E-state index contributed by atoms with van der Waals surface area (Å²) >= 11 is 1.15. The summed E-state index contributed by atoms with van der Waals surface area (Å²) in [7, 11) is 0. The Morgan fingerprint density at radius 1 is 1.71 bits per heavy atom. The molecule has 0 aromatic rings. The van der Waals surface area contributed by atoms with Crippen molar-refractivity contribution >= 4 is 28.7 Å². The molecule has 0 saturated heterocycles. The van der Waals surface area contributed by atoms with Crippen molar-refractivity contribution in [3.63, 3.8) is 0 Å². The van der Waals surface area contributed by atoms with Crippen LogP contribution in [0.3, 0.4) is 0 Å². The Morgan fingerprint density at radius 3 is 2.79 bits per heavy atom. The molecule has 0 bridgehead atoms. The minimum Gasteiger partial charge on any atom is -0.378 e. The van der Waals surface area contributed by atoms with Crippen LogP contribution < -0.4 is 11.1 Å². The van der Waals surface area contributed by atoms with E-state index in [2.05, 4.69) is 10.3 Å². The highest BCUT2D eigenvalue weighted by molar-refractivity contribution is 8.15. The van der Waals surface area contributed by atoms with Gasteiger partial charge in [-0.1, -0.05) is 11.8 Å². The van der Waals surface area contributed by atoms with E-state index in [0.29, 0.717) is 0 Å². The molecule has 0 aromatic carbocycles. The summed E-state index contributed by atoms with van der Waals surface area (Å²) in [4.78, 5) is 26.0. The average Bonchev–Trinajstić information content (AvgIpc) is 2.28. The van der Waals surface area contributed by atoms with Crippen molar-refractivity contribution in [2.24, 2.45) is 10.7 Å². The van der Waals surface area contributed by atoms with Crippen LogP contribution in [-0.4, -0.2) is 28.3 Å². The van der Waals surface area contributed by atoms with Gasteiger partial charge in [0.05, 0.1) is 0 Å². The summed E-state index contributed by atoms with van der Waals surface area (Å²) in [6, 6.07) is 0.0854. The van der Waals surface area contributed by atoms with Gasteiger partial charge in [-0.3, -0.25) is 9.59 Å². The number of nitrogens with zero attached hydrogens (tertiary/aromatic N) is 1. The molecule has 0 fully saturated rings. The lowest BCUT2D eigenvalue weighted by Gasteiger charge is -2.09. The number of aliphatic imine (C=N–C) groups is 1. The van der Waals surface area contributed by atoms with Gasteiger partial charge in [0.2, 0.25) is 5.91 Å². The zero-order chi connectivity index (χ0) is 10.7. The van der Waals surface area contributed by atoms with Gasteiger partial charge in [0, 0.05) is 12.5 Å². The van der Waals surface area contributed by atoms with Crippen molar-refractivity contribution in [3.8, 4) is 0 Å². The number of hydrogen-bond acceptors (Lipinski definition) is 4. The van der Waals surface area contributed by atoms with E-state index in [0.717, 1.165) is 11.8 Å². The van der Waals surface area contributed by atoms with Crippen LogP contribution in [0.1, 0.15) is 20.3 Å². The van der Waals surface area contributed by atoms with Gasteiger partial charge in [-0.05, 0) is 13.8 Å². The molecule has 2 amide bonds. The lowest BCUT2D eigenvalue weighted by Crippen LogP contribution is -2.33. The van der Waals surface area contributed by atoms with Gasteiger partial charge >= 0.3 is 0 Å². The molecule has 0 spiro atoms. The Balaban J connectivity index is 2.40. The molecule has 14 heavy (non-hydrogen) atoms. The molecule has 6 heteroatoms. The number of nitrogens with one attached hydrogen (secondary N) is 1. The summed E-state index contributed by atoms with van der Waals surface area (Å²) in [6.45, 7) is 3.73. The molecule has 0 radical (unpaired) electrons. The number of amidine groups is 1. The van der Waals surface area contributed by atoms with Crippen molar-refractivity contribution in [2.45, 2.75) is 31.6 Å². The van der Waals surface area contributed by atoms with Crippen molar-refractivity contribution in [2.75, 3.05) is 0 Å². The lowest BCUT2D eigenvalue weighted by molar-refractivity contribution is -0.124. The molecule has 1 atom stereocenters. The third kappa shape index (κ3) is 3.02. The molecule has 5 nitrogen and oxygen atoms in total. The van der Waals surface area contributed by atoms with Gasteiger partial charge in [0.1, 0.15) is 5.25 Å². The summed E-state index contributed by atoms with van der Waals surface area (Å²) in [5, 5.41) is 2.52. The molecule has 1 aliphatic heterocycles. The average molecular weight is 215 g/mol. The number of rotatable bonds is 3. The normalized spacial score (nSPS) is 21.2. The van der Waals surface area contributed by atoms with Crippen LogP contribution in [0.5, 0.6) is 0 Å². The molecule has 78 valence electrons. The number of hydrogen-bond donors (Lipinski definition) is 2. The summed E-state index contributed by atoms with van der Waals surface area (Å²) < 4.78 is 0. The van der Waals surface area contributed by atoms with Crippen molar-refractivity contribution in [1.82, 2.24) is 5.32 Å². The first-order valence-electron chi connectivity index (χ1n) is 4.33. The highest BCUT2D eigenvalue weighted by atomic mass is 32.2. The van der Waals surface area contributed by atoms with E-state index in [1.54, 1.807) is 0 Å². The van der Waals surface area contributed by atoms with Crippen LogP contribution in [0, 0.1) is 0 Å². The van der Waals surface area contributed by atoms with E-state index in [1.165, 1.54) is 0 Å². The lowest BCUT2D eigenvalue weighted by atomic mass is 10.2. The fraction of sp³-hybridized carbons (Fsp3) is 0.625. The van der Waals surface area contributed by atoms with Gasteiger partial charge in [-0.25, -0.2) is 0 Å². The molecular formula is C8H13N3O2S. The Labute approximate surface area is 86.5 Å². The van der Waals surface area contributed by atoms with Crippen LogP contribution in [0.2, 0.25) is 0 Å². The number of carbonyl (C=O) groups excluding carboxylic acids is 2. The molecule has 1 heterocycles. The third-order valence-corrected chi connectivity index (χ3v) is 2.56. The Hall–Kier alpha value is -1.04. The molecule has 1 rings (SSSR count). The van der Waals surface area contributed by atoms with E-state index >= 15 is 0 Å². The maximum atomic E-state index is 11.3. The smallest absolute Gasteiger partial charge is 0.262 e. The quantitative estimate of drug-likeness (QED) is 0.686. The summed E-state index contributed by atoms with van der Waals surface area (Å²) in [5.41, 5.74) is 5.35. The number of amides is 2. The molecule has 1 aliphatic rings. The van der Waals surface area contributed by atoms with E-state index in [-0.39, 0.29) is 29.4 Å². The standard InChI is InChI=1S/C8H13N3O2S/c1-4(2)10-6(12)3-5-7(13)11-8(9)14-5/h4-5H,3H2,1-2H3,(H,10,12)(H2,9,11,13). The highest BCUT2D eigenvalue weighted by Gasteiger charge is 2.29. The predicted octanol–water partition coefficient (Wildman–Crippen LogP) is -0.142.